The van der Waals surface area contributed by atoms with Crippen molar-refractivity contribution in [2.45, 2.75) is 71.6 Å². The molecule has 0 aliphatic carbocycles. The molecule has 0 saturated carbocycles. The van der Waals surface area contributed by atoms with Gasteiger partial charge < -0.3 is 25.4 Å². The van der Waals surface area contributed by atoms with Gasteiger partial charge in [0.1, 0.15) is 24.9 Å². The van der Waals surface area contributed by atoms with Gasteiger partial charge in [0.25, 0.3) is 5.91 Å². The highest BCUT2D eigenvalue weighted by atomic mass is 16.5. The maximum Gasteiger partial charge on any atom is 0.408 e. The van der Waals surface area contributed by atoms with E-state index in [-0.39, 0.29) is 19.1 Å². The predicted octanol–water partition coefficient (Wildman–Crippen LogP) is 2.79. The highest BCUT2D eigenvalue weighted by Crippen LogP contribution is 2.37. The van der Waals surface area contributed by atoms with Gasteiger partial charge in [-0.25, -0.2) is 10.3 Å². The van der Waals surface area contributed by atoms with Crippen LogP contribution in [0.25, 0.3) is 0 Å². The highest BCUT2D eigenvalue weighted by Gasteiger charge is 2.46. The van der Waals surface area contributed by atoms with Crippen LogP contribution in [0.3, 0.4) is 0 Å². The number of aryl methyl sites for hydroxylation is 1. The van der Waals surface area contributed by atoms with Gasteiger partial charge in [0.05, 0.1) is 12.0 Å². The zero-order chi connectivity index (χ0) is 32.8. The van der Waals surface area contributed by atoms with Gasteiger partial charge in [0, 0.05) is 17.8 Å². The van der Waals surface area contributed by atoms with Gasteiger partial charge in [-0.15, -0.1) is 0 Å². The molecule has 0 bridgehead atoms. The number of carboxylic acid groups (broad SMARTS) is 1. The molecule has 0 aromatic heterocycles. The average molecular weight is 612 g/mol. The van der Waals surface area contributed by atoms with E-state index >= 15 is 0 Å². The van der Waals surface area contributed by atoms with E-state index in [1.54, 1.807) is 57.4 Å². The normalized spacial score (nSPS) is 17.1. The highest BCUT2D eigenvalue weighted by molar-refractivity contribution is 5.95. The fourth-order valence-electron chi connectivity index (χ4n) is 5.02. The van der Waals surface area contributed by atoms with Gasteiger partial charge in [-0.3, -0.25) is 29.3 Å². The van der Waals surface area contributed by atoms with E-state index in [1.807, 2.05) is 32.0 Å². The molecule has 238 valence electrons. The Kier molecular flexibility index (Phi) is 10.6. The Balaban J connectivity index is 1.56. The fourth-order valence-corrected chi connectivity index (χ4v) is 5.02. The molecule has 1 heterocycles. The van der Waals surface area contributed by atoms with Gasteiger partial charge in [0.15, 0.2) is 0 Å². The Labute approximate surface area is 256 Å². The molecular formula is C31H41N5O8. The summed E-state index contributed by atoms with van der Waals surface area (Å²) in [5.74, 6) is -1.31. The molecule has 0 spiro atoms. The van der Waals surface area contributed by atoms with E-state index in [2.05, 4.69) is 10.6 Å². The Morgan fingerprint density at radius 3 is 2.34 bits per heavy atom. The van der Waals surface area contributed by atoms with E-state index in [4.69, 9.17) is 9.94 Å². The minimum atomic E-state index is -1.23. The third kappa shape index (κ3) is 8.25. The van der Waals surface area contributed by atoms with Crippen LogP contribution in [0.4, 0.5) is 10.5 Å². The van der Waals surface area contributed by atoms with Crippen LogP contribution < -0.4 is 20.9 Å². The van der Waals surface area contributed by atoms with Gasteiger partial charge in [0.2, 0.25) is 17.7 Å². The summed E-state index contributed by atoms with van der Waals surface area (Å²) in [6.07, 6.45) is -0.706. The van der Waals surface area contributed by atoms with E-state index in [0.29, 0.717) is 24.4 Å². The molecule has 1 fully saturated rings. The first-order valence-electron chi connectivity index (χ1n) is 14.2. The summed E-state index contributed by atoms with van der Waals surface area (Å²) in [5.41, 5.74) is 2.99. The first kappa shape index (κ1) is 33.8. The Morgan fingerprint density at radius 2 is 1.75 bits per heavy atom. The number of carbonyl (C=O) groups is 5. The second kappa shape index (κ2) is 13.8. The Bertz CT molecular complexity index is 1400. The van der Waals surface area contributed by atoms with Crippen molar-refractivity contribution >= 4 is 35.4 Å². The minimum absolute atomic E-state index is 0.191. The van der Waals surface area contributed by atoms with Crippen molar-refractivity contribution in [1.29, 1.82) is 0 Å². The van der Waals surface area contributed by atoms with E-state index in [9.17, 15) is 29.1 Å². The summed E-state index contributed by atoms with van der Waals surface area (Å²) < 4.78 is 5.95. The van der Waals surface area contributed by atoms with Crippen LogP contribution in [0.5, 0.6) is 5.75 Å². The molecule has 1 aliphatic rings. The Hall–Kier alpha value is -4.65. The number of hydrogen-bond acceptors (Lipinski definition) is 7. The fraction of sp³-hybridized carbons (Fsp3) is 0.452. The molecule has 13 nitrogen and oxygen atoms in total. The number of amides is 5. The molecule has 5 N–H and O–H groups in total. The zero-order valence-electron chi connectivity index (χ0n) is 25.9. The van der Waals surface area contributed by atoms with Crippen LogP contribution in [0.15, 0.2) is 42.5 Å². The van der Waals surface area contributed by atoms with Crippen LogP contribution in [-0.2, 0) is 31.2 Å². The van der Waals surface area contributed by atoms with Crippen molar-refractivity contribution in [3.63, 3.8) is 0 Å². The topological polar surface area (TPSA) is 178 Å². The van der Waals surface area contributed by atoms with Crippen molar-refractivity contribution in [2.75, 3.05) is 25.0 Å². The lowest BCUT2D eigenvalue weighted by Gasteiger charge is -2.32. The summed E-state index contributed by atoms with van der Waals surface area (Å²) in [7, 11) is 0. The molecule has 2 atom stereocenters. The lowest BCUT2D eigenvalue weighted by molar-refractivity contribution is -0.143. The molecular weight excluding hydrogens is 570 g/mol. The van der Waals surface area contributed by atoms with Crippen LogP contribution in [-0.4, -0.2) is 81.1 Å². The van der Waals surface area contributed by atoms with Crippen molar-refractivity contribution in [2.24, 2.45) is 0 Å². The monoisotopic (exact) mass is 611 g/mol. The smallest absolute Gasteiger partial charge is 0.408 e. The summed E-state index contributed by atoms with van der Waals surface area (Å²) in [6.45, 7) is 10.2. The third-order valence-corrected chi connectivity index (χ3v) is 7.65. The lowest BCUT2D eigenvalue weighted by Crippen LogP contribution is -2.50. The number of nitrogens with zero attached hydrogens (tertiary/aromatic N) is 2. The number of anilines is 1. The third-order valence-electron chi connectivity index (χ3n) is 7.65. The van der Waals surface area contributed by atoms with Gasteiger partial charge in [-0.2, -0.15) is 0 Å². The number of carbonyl (C=O) groups excluding carboxylic acids is 4. The molecule has 0 radical (unpaired) electrons. The molecule has 13 heteroatoms. The molecule has 3 rings (SSSR count). The molecule has 2 aromatic carbocycles. The van der Waals surface area contributed by atoms with Gasteiger partial charge in [-0.05, 0) is 88.9 Å². The molecule has 44 heavy (non-hydrogen) atoms. The lowest BCUT2D eigenvalue weighted by atomic mass is 9.81. The SMILES string of the molecule is Cc1cc(COc2ccc([C@@]3(C)CCN(C(C)C(=O)NO)C3=O)cc2)cc(NC(=O)CNC(=O)CN(C(=O)O)C(C)(C)C)c1. The Morgan fingerprint density at radius 1 is 1.09 bits per heavy atom. The molecule has 1 aliphatic heterocycles. The van der Waals surface area contributed by atoms with E-state index in [1.165, 1.54) is 4.90 Å². The van der Waals surface area contributed by atoms with Crippen molar-refractivity contribution in [1.82, 2.24) is 20.6 Å². The molecule has 1 saturated heterocycles. The number of likely N-dealkylation sites (tertiary alicyclic amines) is 1. The van der Waals surface area contributed by atoms with Gasteiger partial charge in [-0.1, -0.05) is 18.2 Å². The van der Waals surface area contributed by atoms with Crippen LogP contribution >= 0.6 is 0 Å². The average Bonchev–Trinajstić information content (AvgIpc) is 3.26. The summed E-state index contributed by atoms with van der Waals surface area (Å²) >= 11 is 0. The van der Waals surface area contributed by atoms with Crippen molar-refractivity contribution in [3.8, 4) is 5.75 Å². The standard InChI is InChI=1S/C31H41N5O8/c1-19-13-21(15-23(14-19)33-25(37)16-32-26(38)17-36(29(41)42)30(3,4)5)18-44-24-9-7-22(8-10-24)31(6)11-12-35(28(31)40)20(2)27(39)34-43/h7-10,13-15,20,43H,11-12,16-18H2,1-6H3,(H,32,38)(H,33,37)(H,34,39)(H,41,42)/t20?,31-/m1/s1. The maximum absolute atomic E-state index is 13.2. The van der Waals surface area contributed by atoms with Crippen LogP contribution in [0.1, 0.15) is 57.7 Å². The molecule has 2 aromatic rings. The largest absolute Gasteiger partial charge is 0.489 e. The summed E-state index contributed by atoms with van der Waals surface area (Å²) in [6, 6.07) is 11.8. The quantitative estimate of drug-likeness (QED) is 0.190. The van der Waals surface area contributed by atoms with Crippen LogP contribution in [0.2, 0.25) is 0 Å². The number of rotatable bonds is 11. The molecule has 5 amide bonds. The van der Waals surface area contributed by atoms with Crippen molar-refractivity contribution < 1.29 is 39.0 Å². The number of nitrogens with one attached hydrogen (secondary N) is 3. The number of hydroxylamine groups is 1. The first-order valence-corrected chi connectivity index (χ1v) is 14.2. The van der Waals surface area contributed by atoms with Crippen molar-refractivity contribution in [3.05, 3.63) is 59.2 Å². The number of ether oxygens (including phenoxy) is 1. The number of hydrogen-bond donors (Lipinski definition) is 5. The van der Waals surface area contributed by atoms with E-state index in [0.717, 1.165) is 21.6 Å². The second-order valence-corrected chi connectivity index (χ2v) is 12.1. The van der Waals surface area contributed by atoms with E-state index < -0.39 is 47.4 Å². The maximum atomic E-state index is 13.2. The summed E-state index contributed by atoms with van der Waals surface area (Å²) in [4.78, 5) is 63.6. The summed E-state index contributed by atoms with van der Waals surface area (Å²) in [5, 5.41) is 23.5. The van der Waals surface area contributed by atoms with Gasteiger partial charge >= 0.3 is 6.09 Å². The van der Waals surface area contributed by atoms with Crippen LogP contribution in [0, 0.1) is 6.92 Å². The number of benzene rings is 2. The molecule has 1 unspecified atom stereocenters. The minimum Gasteiger partial charge on any atom is -0.489 e. The second-order valence-electron chi connectivity index (χ2n) is 12.1. The predicted molar refractivity (Wildman–Crippen MR) is 161 cm³/mol. The zero-order valence-corrected chi connectivity index (χ0v) is 25.9. The first-order chi connectivity index (χ1) is 20.5.